The molecule has 0 saturated heterocycles. The topological polar surface area (TPSA) is 68.8 Å². The Bertz CT molecular complexity index is 380. The second-order valence-electron chi connectivity index (χ2n) is 2.99. The summed E-state index contributed by atoms with van der Waals surface area (Å²) in [5.41, 5.74) is 1.02. The van der Waals surface area contributed by atoms with Crippen molar-refractivity contribution < 1.29 is 4.52 Å². The molecule has 0 bridgehead atoms. The van der Waals surface area contributed by atoms with Crippen LogP contribution in [0.2, 0.25) is 0 Å². The van der Waals surface area contributed by atoms with Crippen molar-refractivity contribution in [2.75, 3.05) is 0 Å². The number of nitrogens with one attached hydrogen (secondary N) is 1. The maximum atomic E-state index is 4.70. The monoisotopic (exact) mass is 193 g/mol. The van der Waals surface area contributed by atoms with Crippen LogP contribution in [-0.4, -0.2) is 19.9 Å². The highest BCUT2D eigenvalue weighted by Gasteiger charge is 2.00. The minimum Gasteiger partial charge on any atom is -0.364 e. The largest absolute Gasteiger partial charge is 0.364 e. The summed E-state index contributed by atoms with van der Waals surface area (Å²) in [5.74, 6) is 0.904. The molecule has 0 aromatic carbocycles. The van der Waals surface area contributed by atoms with Crippen LogP contribution >= 0.6 is 0 Å². The van der Waals surface area contributed by atoms with E-state index in [1.165, 1.54) is 0 Å². The Morgan fingerprint density at radius 1 is 1.50 bits per heavy atom. The summed E-state index contributed by atoms with van der Waals surface area (Å²) in [7, 11) is 1.91. The lowest BCUT2D eigenvalue weighted by Crippen LogP contribution is -2.15. The number of aromatic nitrogens is 4. The van der Waals surface area contributed by atoms with E-state index in [4.69, 9.17) is 4.52 Å². The van der Waals surface area contributed by atoms with Gasteiger partial charge in [0.15, 0.2) is 0 Å². The van der Waals surface area contributed by atoms with Crippen molar-refractivity contribution in [1.82, 2.24) is 25.2 Å². The molecule has 2 rings (SSSR count). The van der Waals surface area contributed by atoms with Crippen LogP contribution < -0.4 is 5.32 Å². The third-order valence-corrected chi connectivity index (χ3v) is 1.90. The Morgan fingerprint density at radius 2 is 2.43 bits per heavy atom. The van der Waals surface area contributed by atoms with Gasteiger partial charge in [0, 0.05) is 19.2 Å². The Morgan fingerprint density at radius 3 is 3.07 bits per heavy atom. The Balaban J connectivity index is 1.81. The van der Waals surface area contributed by atoms with Gasteiger partial charge >= 0.3 is 0 Å². The molecule has 0 aliphatic heterocycles. The van der Waals surface area contributed by atoms with E-state index in [1.807, 2.05) is 11.6 Å². The Hall–Kier alpha value is -1.69. The summed E-state index contributed by atoms with van der Waals surface area (Å²) >= 11 is 0. The number of nitrogens with zero attached hydrogens (tertiary/aromatic N) is 4. The summed E-state index contributed by atoms with van der Waals surface area (Å²) in [6.45, 7) is 1.40. The maximum absolute atomic E-state index is 4.70. The zero-order valence-electron chi connectivity index (χ0n) is 7.84. The number of hydrogen-bond donors (Lipinski definition) is 1. The number of hydrogen-bond acceptors (Lipinski definition) is 5. The molecule has 0 aliphatic carbocycles. The van der Waals surface area contributed by atoms with E-state index in [0.717, 1.165) is 17.9 Å². The fourth-order valence-electron chi connectivity index (χ4n) is 1.10. The molecule has 0 amide bonds. The summed E-state index contributed by atoms with van der Waals surface area (Å²) in [6.07, 6.45) is 4.98. The van der Waals surface area contributed by atoms with Crippen LogP contribution in [0.3, 0.4) is 0 Å². The Labute approximate surface area is 80.9 Å². The van der Waals surface area contributed by atoms with Crippen LogP contribution in [0, 0.1) is 0 Å². The molecule has 2 aromatic rings. The van der Waals surface area contributed by atoms with Gasteiger partial charge in [-0.3, -0.25) is 0 Å². The molecule has 0 saturated carbocycles. The lowest BCUT2D eigenvalue weighted by molar-refractivity contribution is 0.418. The minimum absolute atomic E-state index is 0.682. The third kappa shape index (κ3) is 1.97. The van der Waals surface area contributed by atoms with Crippen molar-refractivity contribution in [3.8, 4) is 0 Å². The van der Waals surface area contributed by atoms with Crippen LogP contribution in [0.1, 0.15) is 11.4 Å². The van der Waals surface area contributed by atoms with Gasteiger partial charge in [0.25, 0.3) is 0 Å². The molecule has 0 fully saturated rings. The van der Waals surface area contributed by atoms with Gasteiger partial charge in [-0.25, -0.2) is 0 Å². The normalized spacial score (nSPS) is 10.6. The first kappa shape index (κ1) is 8.89. The maximum Gasteiger partial charge on any atom is 0.146 e. The first-order valence-corrected chi connectivity index (χ1v) is 4.28. The first-order chi connectivity index (χ1) is 6.86. The second-order valence-corrected chi connectivity index (χ2v) is 2.99. The predicted molar refractivity (Wildman–Crippen MR) is 48.0 cm³/mol. The average molecular weight is 193 g/mol. The quantitative estimate of drug-likeness (QED) is 0.745. The van der Waals surface area contributed by atoms with Crippen LogP contribution in [0.25, 0.3) is 0 Å². The standard InChI is InChI=1S/C8H11N5O/c1-13-6-10-12-8(13)4-9-2-7-3-11-14-5-7/h3,5-6,9H,2,4H2,1H3. The van der Waals surface area contributed by atoms with E-state index in [0.29, 0.717) is 6.54 Å². The van der Waals surface area contributed by atoms with Gasteiger partial charge in [-0.2, -0.15) is 0 Å². The zero-order chi connectivity index (χ0) is 9.80. The molecule has 2 heterocycles. The second kappa shape index (κ2) is 4.01. The van der Waals surface area contributed by atoms with E-state index in [2.05, 4.69) is 20.7 Å². The molecule has 0 spiro atoms. The molecule has 2 aromatic heterocycles. The molecule has 14 heavy (non-hydrogen) atoms. The summed E-state index contributed by atoms with van der Waals surface area (Å²) in [4.78, 5) is 0. The molecule has 0 atom stereocenters. The molecular formula is C8H11N5O. The van der Waals surface area contributed by atoms with E-state index < -0.39 is 0 Å². The fourth-order valence-corrected chi connectivity index (χ4v) is 1.10. The minimum atomic E-state index is 0.682. The van der Waals surface area contributed by atoms with Gasteiger partial charge in [0.05, 0.1) is 12.7 Å². The summed E-state index contributed by atoms with van der Waals surface area (Å²) < 4.78 is 6.58. The molecule has 0 aliphatic rings. The molecule has 0 unspecified atom stereocenters. The molecular weight excluding hydrogens is 182 g/mol. The van der Waals surface area contributed by atoms with Crippen LogP contribution in [-0.2, 0) is 20.1 Å². The fraction of sp³-hybridized carbons (Fsp3) is 0.375. The van der Waals surface area contributed by atoms with E-state index in [1.54, 1.807) is 18.8 Å². The third-order valence-electron chi connectivity index (χ3n) is 1.90. The zero-order valence-corrected chi connectivity index (χ0v) is 7.84. The highest BCUT2D eigenvalue weighted by Crippen LogP contribution is 1.96. The highest BCUT2D eigenvalue weighted by atomic mass is 16.5. The van der Waals surface area contributed by atoms with Gasteiger partial charge in [0.1, 0.15) is 18.4 Å². The predicted octanol–water partition coefficient (Wildman–Crippen LogP) is 0.0929. The van der Waals surface area contributed by atoms with Gasteiger partial charge in [-0.15, -0.1) is 10.2 Å². The molecule has 1 N–H and O–H groups in total. The van der Waals surface area contributed by atoms with Crippen molar-refractivity contribution in [3.63, 3.8) is 0 Å². The van der Waals surface area contributed by atoms with Crippen molar-refractivity contribution in [1.29, 1.82) is 0 Å². The first-order valence-electron chi connectivity index (χ1n) is 4.28. The molecule has 0 radical (unpaired) electrons. The van der Waals surface area contributed by atoms with Crippen LogP contribution in [0.4, 0.5) is 0 Å². The number of aryl methyl sites for hydroxylation is 1. The average Bonchev–Trinajstić information content (AvgIpc) is 2.78. The molecule has 74 valence electrons. The summed E-state index contributed by atoms with van der Waals surface area (Å²) in [5, 5.41) is 14.5. The van der Waals surface area contributed by atoms with Crippen molar-refractivity contribution in [3.05, 3.63) is 30.2 Å². The van der Waals surface area contributed by atoms with Gasteiger partial charge in [-0.05, 0) is 0 Å². The number of rotatable bonds is 4. The lowest BCUT2D eigenvalue weighted by Gasteiger charge is -2.01. The van der Waals surface area contributed by atoms with Gasteiger partial charge < -0.3 is 14.4 Å². The SMILES string of the molecule is Cn1cnnc1CNCc1cnoc1. The van der Waals surface area contributed by atoms with E-state index >= 15 is 0 Å². The lowest BCUT2D eigenvalue weighted by atomic mass is 10.3. The molecule has 6 heteroatoms. The van der Waals surface area contributed by atoms with E-state index in [-0.39, 0.29) is 0 Å². The van der Waals surface area contributed by atoms with Crippen molar-refractivity contribution in [2.24, 2.45) is 7.05 Å². The van der Waals surface area contributed by atoms with Gasteiger partial charge in [0.2, 0.25) is 0 Å². The molecule has 6 nitrogen and oxygen atoms in total. The van der Waals surface area contributed by atoms with Crippen LogP contribution in [0.5, 0.6) is 0 Å². The summed E-state index contributed by atoms with van der Waals surface area (Å²) in [6, 6.07) is 0. The van der Waals surface area contributed by atoms with Crippen molar-refractivity contribution >= 4 is 0 Å². The van der Waals surface area contributed by atoms with Gasteiger partial charge in [-0.1, -0.05) is 5.16 Å². The highest BCUT2D eigenvalue weighted by molar-refractivity contribution is 4.99. The van der Waals surface area contributed by atoms with Crippen molar-refractivity contribution in [2.45, 2.75) is 13.1 Å². The van der Waals surface area contributed by atoms with Crippen LogP contribution in [0.15, 0.2) is 23.3 Å². The van der Waals surface area contributed by atoms with E-state index in [9.17, 15) is 0 Å². The smallest absolute Gasteiger partial charge is 0.146 e. The Kier molecular flexibility index (Phi) is 2.55.